The number of ether oxygens (including phenoxy) is 2. The molecular formula is C43H74O4. The third-order valence-electron chi connectivity index (χ3n) is 9.35. The van der Waals surface area contributed by atoms with Gasteiger partial charge < -0.3 is 9.47 Å². The average molecular weight is 655 g/mol. The monoisotopic (exact) mass is 655 g/mol. The van der Waals surface area contributed by atoms with E-state index >= 15 is 0 Å². The van der Waals surface area contributed by atoms with E-state index in [4.69, 9.17) is 9.47 Å². The van der Waals surface area contributed by atoms with E-state index in [0.717, 1.165) is 83.5 Å². The summed E-state index contributed by atoms with van der Waals surface area (Å²) >= 11 is 0. The van der Waals surface area contributed by atoms with Crippen LogP contribution in [0.3, 0.4) is 0 Å². The molecule has 0 radical (unpaired) electrons. The first-order valence-corrected chi connectivity index (χ1v) is 20.1. The second-order valence-electron chi connectivity index (χ2n) is 13.8. The third-order valence-corrected chi connectivity index (χ3v) is 9.35. The van der Waals surface area contributed by atoms with Gasteiger partial charge in [0.05, 0.1) is 0 Å². The second kappa shape index (κ2) is 32.4. The van der Waals surface area contributed by atoms with Gasteiger partial charge in [-0.05, 0) is 95.8 Å². The van der Waals surface area contributed by atoms with E-state index in [9.17, 15) is 9.59 Å². The SMILES string of the molecule is CCCCC/C=C\C/C=C\CCCCCCCC(=O)O[C@H]1C[C@H](CC)C[C@H]1OC(=O)CCCCCCC/C=C\C/C=C\CCCCC. The summed E-state index contributed by atoms with van der Waals surface area (Å²) in [5.41, 5.74) is 0. The molecule has 47 heavy (non-hydrogen) atoms. The Morgan fingerprint density at radius 1 is 0.468 bits per heavy atom. The summed E-state index contributed by atoms with van der Waals surface area (Å²) in [7, 11) is 0. The topological polar surface area (TPSA) is 52.6 Å². The van der Waals surface area contributed by atoms with E-state index in [2.05, 4.69) is 69.4 Å². The van der Waals surface area contributed by atoms with Crippen molar-refractivity contribution in [2.45, 2.75) is 206 Å². The highest BCUT2D eigenvalue weighted by molar-refractivity contribution is 5.70. The fraction of sp³-hybridized carbons (Fsp3) is 0.767. The Morgan fingerprint density at radius 3 is 1.17 bits per heavy atom. The van der Waals surface area contributed by atoms with Crippen molar-refractivity contribution in [3.63, 3.8) is 0 Å². The van der Waals surface area contributed by atoms with Crippen molar-refractivity contribution in [3.8, 4) is 0 Å². The smallest absolute Gasteiger partial charge is 0.306 e. The largest absolute Gasteiger partial charge is 0.458 e. The summed E-state index contributed by atoms with van der Waals surface area (Å²) in [5.74, 6) is 0.191. The lowest BCUT2D eigenvalue weighted by atomic mass is 10.1. The Morgan fingerprint density at radius 2 is 0.809 bits per heavy atom. The number of hydrogen-bond acceptors (Lipinski definition) is 4. The van der Waals surface area contributed by atoms with Gasteiger partial charge in [0.15, 0.2) is 0 Å². The van der Waals surface area contributed by atoms with Crippen LogP contribution in [0.5, 0.6) is 0 Å². The van der Waals surface area contributed by atoms with E-state index in [1.54, 1.807) is 0 Å². The number of carbonyl (C=O) groups excluding carboxylic acids is 2. The molecule has 0 aromatic carbocycles. The summed E-state index contributed by atoms with van der Waals surface area (Å²) < 4.78 is 11.7. The molecule has 0 N–H and O–H groups in total. The average Bonchev–Trinajstić information content (AvgIpc) is 3.45. The van der Waals surface area contributed by atoms with Crippen molar-refractivity contribution in [2.24, 2.45) is 5.92 Å². The van der Waals surface area contributed by atoms with Gasteiger partial charge in [0.25, 0.3) is 0 Å². The summed E-state index contributed by atoms with van der Waals surface area (Å²) in [6.07, 6.45) is 47.0. The fourth-order valence-electron chi connectivity index (χ4n) is 6.26. The molecule has 1 aliphatic carbocycles. The standard InChI is InChI=1S/C43H74O4/c1-4-7-9-11-13-15-17-19-21-23-25-27-29-31-33-35-42(44)46-40-37-39(6-3)38-41(40)47-43(45)36-34-32-30-28-26-24-22-20-18-16-14-12-10-8-5-2/h13-16,19-22,39-41H,4-12,17-18,23-38H2,1-3H3/b15-13-,16-14-,21-19-,22-20-/t39-,40-,41+. The molecule has 0 heterocycles. The van der Waals surface area contributed by atoms with Gasteiger partial charge in [-0.1, -0.05) is 140 Å². The van der Waals surface area contributed by atoms with Crippen LogP contribution < -0.4 is 0 Å². The van der Waals surface area contributed by atoms with E-state index in [1.807, 2.05) is 0 Å². The van der Waals surface area contributed by atoms with Crippen molar-refractivity contribution in [2.75, 3.05) is 0 Å². The molecule has 0 aromatic heterocycles. The molecule has 1 aliphatic rings. The predicted molar refractivity (Wildman–Crippen MR) is 201 cm³/mol. The first-order valence-electron chi connectivity index (χ1n) is 20.1. The van der Waals surface area contributed by atoms with Gasteiger partial charge in [-0.15, -0.1) is 0 Å². The lowest BCUT2D eigenvalue weighted by Crippen LogP contribution is -2.30. The van der Waals surface area contributed by atoms with E-state index in [1.165, 1.54) is 77.0 Å². The molecule has 1 saturated carbocycles. The van der Waals surface area contributed by atoms with Crippen LogP contribution in [0.1, 0.15) is 194 Å². The lowest BCUT2D eigenvalue weighted by molar-refractivity contribution is -0.165. The first-order chi connectivity index (χ1) is 23.1. The van der Waals surface area contributed by atoms with E-state index in [0.29, 0.717) is 18.8 Å². The van der Waals surface area contributed by atoms with Crippen LogP contribution in [-0.4, -0.2) is 24.1 Å². The van der Waals surface area contributed by atoms with Crippen LogP contribution in [0.25, 0.3) is 0 Å². The Balaban J connectivity index is 2.09. The molecule has 4 heteroatoms. The molecule has 1 rings (SSSR count). The van der Waals surface area contributed by atoms with Crippen LogP contribution in [0.2, 0.25) is 0 Å². The van der Waals surface area contributed by atoms with E-state index < -0.39 is 0 Å². The molecule has 1 fully saturated rings. The molecule has 0 spiro atoms. The highest BCUT2D eigenvalue weighted by atomic mass is 16.6. The Labute approximate surface area is 291 Å². The zero-order chi connectivity index (χ0) is 34.0. The number of allylic oxidation sites excluding steroid dienone is 8. The maximum Gasteiger partial charge on any atom is 0.306 e. The van der Waals surface area contributed by atoms with Gasteiger partial charge in [-0.2, -0.15) is 0 Å². The zero-order valence-electron chi connectivity index (χ0n) is 31.1. The number of carbonyl (C=O) groups is 2. The van der Waals surface area contributed by atoms with E-state index in [-0.39, 0.29) is 24.1 Å². The third kappa shape index (κ3) is 26.5. The Hall–Kier alpha value is -2.10. The summed E-state index contributed by atoms with van der Waals surface area (Å²) in [6.45, 7) is 6.66. The lowest BCUT2D eigenvalue weighted by Gasteiger charge is -2.20. The van der Waals surface area contributed by atoms with Gasteiger partial charge in [0.1, 0.15) is 12.2 Å². The molecule has 0 unspecified atom stereocenters. The molecule has 0 amide bonds. The summed E-state index contributed by atoms with van der Waals surface area (Å²) in [6, 6.07) is 0. The minimum absolute atomic E-state index is 0.132. The van der Waals surface area contributed by atoms with Crippen molar-refractivity contribution in [1.29, 1.82) is 0 Å². The number of rotatable bonds is 31. The zero-order valence-corrected chi connectivity index (χ0v) is 31.1. The normalized spacial score (nSPS) is 18.4. The van der Waals surface area contributed by atoms with Crippen molar-refractivity contribution >= 4 is 11.9 Å². The minimum Gasteiger partial charge on any atom is -0.458 e. The van der Waals surface area contributed by atoms with Crippen molar-refractivity contribution in [3.05, 3.63) is 48.6 Å². The van der Waals surface area contributed by atoms with Gasteiger partial charge in [0.2, 0.25) is 0 Å². The molecular weight excluding hydrogens is 580 g/mol. The highest BCUT2D eigenvalue weighted by Gasteiger charge is 2.38. The molecule has 0 aromatic rings. The maximum atomic E-state index is 12.6. The van der Waals surface area contributed by atoms with Gasteiger partial charge in [-0.3, -0.25) is 9.59 Å². The fourth-order valence-corrected chi connectivity index (χ4v) is 6.26. The quantitative estimate of drug-likeness (QED) is 0.0424. The van der Waals surface area contributed by atoms with Crippen LogP contribution >= 0.6 is 0 Å². The molecule has 0 bridgehead atoms. The number of esters is 2. The molecule has 4 nitrogen and oxygen atoms in total. The minimum atomic E-state index is -0.279. The molecule has 270 valence electrons. The van der Waals surface area contributed by atoms with Gasteiger partial charge >= 0.3 is 11.9 Å². The first kappa shape index (κ1) is 42.9. The Bertz CT molecular complexity index is 786. The Kier molecular flexibility index (Phi) is 29.6. The van der Waals surface area contributed by atoms with Gasteiger partial charge in [0, 0.05) is 12.8 Å². The molecule has 0 saturated heterocycles. The van der Waals surface area contributed by atoms with Crippen molar-refractivity contribution < 1.29 is 19.1 Å². The van der Waals surface area contributed by atoms with Crippen LogP contribution in [0.15, 0.2) is 48.6 Å². The highest BCUT2D eigenvalue weighted by Crippen LogP contribution is 2.33. The van der Waals surface area contributed by atoms with Crippen LogP contribution in [0.4, 0.5) is 0 Å². The molecule has 0 aliphatic heterocycles. The second-order valence-corrected chi connectivity index (χ2v) is 13.8. The number of unbranched alkanes of at least 4 members (excludes halogenated alkanes) is 16. The maximum absolute atomic E-state index is 12.6. The van der Waals surface area contributed by atoms with Gasteiger partial charge in [-0.25, -0.2) is 0 Å². The molecule has 3 atom stereocenters. The van der Waals surface area contributed by atoms with Crippen molar-refractivity contribution in [1.82, 2.24) is 0 Å². The number of hydrogen-bond donors (Lipinski definition) is 0. The van der Waals surface area contributed by atoms with Crippen LogP contribution in [-0.2, 0) is 19.1 Å². The predicted octanol–water partition coefficient (Wildman–Crippen LogP) is 13.3. The summed E-state index contributed by atoms with van der Waals surface area (Å²) in [5, 5.41) is 0. The van der Waals surface area contributed by atoms with Crippen LogP contribution in [0, 0.1) is 5.92 Å². The summed E-state index contributed by atoms with van der Waals surface area (Å²) in [4.78, 5) is 25.2.